The van der Waals surface area contributed by atoms with Crippen LogP contribution in [0.2, 0.25) is 0 Å². The molecule has 1 rings (SSSR count). The predicted molar refractivity (Wildman–Crippen MR) is 78.8 cm³/mol. The highest BCUT2D eigenvalue weighted by Gasteiger charge is 2.23. The van der Waals surface area contributed by atoms with E-state index in [2.05, 4.69) is 4.74 Å². The molecule has 21 heavy (non-hydrogen) atoms. The van der Waals surface area contributed by atoms with E-state index < -0.39 is 16.0 Å². The largest absolute Gasteiger partial charge is 0.465 e. The lowest BCUT2D eigenvalue weighted by atomic mass is 10.1. The number of carbonyl (C=O) groups excluding carboxylic acids is 1. The second-order valence-corrected chi connectivity index (χ2v) is 6.66. The van der Waals surface area contributed by atoms with Gasteiger partial charge in [0.15, 0.2) is 0 Å². The third-order valence-corrected chi connectivity index (χ3v) is 5.12. The Labute approximate surface area is 125 Å². The van der Waals surface area contributed by atoms with Gasteiger partial charge in [0, 0.05) is 27.3 Å². The Kier molecular flexibility index (Phi) is 6.32. The molecule has 0 atom stereocenters. The summed E-state index contributed by atoms with van der Waals surface area (Å²) in [7, 11) is 0.690. The SMILES string of the molecule is COCCCN(C)S(=O)(=O)c1cc(C(=O)OC)ccc1C. The molecule has 0 radical (unpaired) electrons. The molecule has 0 amide bonds. The van der Waals surface area contributed by atoms with Gasteiger partial charge in [0.25, 0.3) is 0 Å². The van der Waals surface area contributed by atoms with Gasteiger partial charge in [0.05, 0.1) is 17.6 Å². The predicted octanol–water partition coefficient (Wildman–Crippen LogP) is 1.44. The minimum Gasteiger partial charge on any atom is -0.465 e. The molecule has 0 unspecified atom stereocenters. The first kappa shape index (κ1) is 17.6. The lowest BCUT2D eigenvalue weighted by Crippen LogP contribution is -2.29. The van der Waals surface area contributed by atoms with Gasteiger partial charge in [0.2, 0.25) is 10.0 Å². The van der Waals surface area contributed by atoms with Crippen molar-refractivity contribution in [2.45, 2.75) is 18.2 Å². The maximum absolute atomic E-state index is 12.5. The number of carbonyl (C=O) groups is 1. The van der Waals surface area contributed by atoms with Crippen molar-refractivity contribution in [2.24, 2.45) is 0 Å². The van der Waals surface area contributed by atoms with Crippen LogP contribution in [-0.4, -0.2) is 53.1 Å². The number of hydrogen-bond acceptors (Lipinski definition) is 5. The van der Waals surface area contributed by atoms with Crippen LogP contribution in [0.1, 0.15) is 22.3 Å². The summed E-state index contributed by atoms with van der Waals surface area (Å²) in [5, 5.41) is 0. The van der Waals surface area contributed by atoms with Gasteiger partial charge in [-0.15, -0.1) is 0 Å². The van der Waals surface area contributed by atoms with E-state index in [1.807, 2.05) is 0 Å². The van der Waals surface area contributed by atoms with Gasteiger partial charge < -0.3 is 9.47 Å². The van der Waals surface area contributed by atoms with Crippen molar-refractivity contribution >= 4 is 16.0 Å². The number of rotatable bonds is 7. The van der Waals surface area contributed by atoms with E-state index in [0.717, 1.165) is 0 Å². The van der Waals surface area contributed by atoms with Crippen molar-refractivity contribution < 1.29 is 22.7 Å². The molecular weight excluding hydrogens is 294 g/mol. The van der Waals surface area contributed by atoms with Gasteiger partial charge in [-0.25, -0.2) is 17.5 Å². The molecule has 0 fully saturated rings. The highest BCUT2D eigenvalue weighted by molar-refractivity contribution is 7.89. The van der Waals surface area contributed by atoms with Crippen LogP contribution in [0.25, 0.3) is 0 Å². The van der Waals surface area contributed by atoms with Crippen LogP contribution >= 0.6 is 0 Å². The average molecular weight is 315 g/mol. The topological polar surface area (TPSA) is 72.9 Å². The molecule has 0 saturated heterocycles. The van der Waals surface area contributed by atoms with E-state index >= 15 is 0 Å². The Morgan fingerprint density at radius 1 is 1.29 bits per heavy atom. The molecule has 0 spiro atoms. The summed E-state index contributed by atoms with van der Waals surface area (Å²) in [6.07, 6.45) is 0.599. The lowest BCUT2D eigenvalue weighted by Gasteiger charge is -2.18. The van der Waals surface area contributed by atoms with Crippen molar-refractivity contribution in [3.63, 3.8) is 0 Å². The normalized spacial score (nSPS) is 11.7. The van der Waals surface area contributed by atoms with Crippen molar-refractivity contribution in [1.29, 1.82) is 0 Å². The third kappa shape index (κ3) is 4.26. The molecule has 7 heteroatoms. The molecule has 0 aliphatic rings. The first-order valence-corrected chi connectivity index (χ1v) is 7.92. The van der Waals surface area contributed by atoms with Crippen molar-refractivity contribution in [3.05, 3.63) is 29.3 Å². The molecule has 0 aliphatic heterocycles. The Morgan fingerprint density at radius 2 is 1.95 bits per heavy atom. The van der Waals surface area contributed by atoms with E-state index in [0.29, 0.717) is 25.1 Å². The number of sulfonamides is 1. The fourth-order valence-electron chi connectivity index (χ4n) is 1.84. The highest BCUT2D eigenvalue weighted by atomic mass is 32.2. The van der Waals surface area contributed by atoms with Gasteiger partial charge in [-0.2, -0.15) is 0 Å². The standard InChI is InChI=1S/C14H21NO5S/c1-11-6-7-12(14(16)20-4)10-13(11)21(17,18)15(2)8-5-9-19-3/h6-7,10H,5,8-9H2,1-4H3. The van der Waals surface area contributed by atoms with Gasteiger partial charge in [-0.05, 0) is 31.0 Å². The van der Waals surface area contributed by atoms with E-state index in [1.54, 1.807) is 26.2 Å². The van der Waals surface area contributed by atoms with Gasteiger partial charge >= 0.3 is 5.97 Å². The van der Waals surface area contributed by atoms with Crippen molar-refractivity contribution in [2.75, 3.05) is 34.4 Å². The zero-order chi connectivity index (χ0) is 16.0. The Balaban J connectivity index is 3.09. The molecule has 0 N–H and O–H groups in total. The van der Waals surface area contributed by atoms with Crippen molar-refractivity contribution in [3.8, 4) is 0 Å². The second-order valence-electron chi connectivity index (χ2n) is 4.64. The molecule has 0 bridgehead atoms. The Bertz CT molecular complexity index is 597. The van der Waals surface area contributed by atoms with Crippen LogP contribution in [0.15, 0.2) is 23.1 Å². The van der Waals surface area contributed by atoms with Crippen LogP contribution in [0.5, 0.6) is 0 Å². The monoisotopic (exact) mass is 315 g/mol. The van der Waals surface area contributed by atoms with E-state index in [4.69, 9.17) is 4.74 Å². The molecule has 118 valence electrons. The van der Waals surface area contributed by atoms with Crippen LogP contribution in [-0.2, 0) is 19.5 Å². The first-order chi connectivity index (χ1) is 9.84. The zero-order valence-corrected chi connectivity index (χ0v) is 13.6. The summed E-state index contributed by atoms with van der Waals surface area (Å²) >= 11 is 0. The van der Waals surface area contributed by atoms with Gasteiger partial charge in [0.1, 0.15) is 0 Å². The van der Waals surface area contributed by atoms with E-state index in [9.17, 15) is 13.2 Å². The summed E-state index contributed by atoms with van der Waals surface area (Å²) in [5.41, 5.74) is 0.799. The number of nitrogens with zero attached hydrogens (tertiary/aromatic N) is 1. The number of aryl methyl sites for hydroxylation is 1. The summed E-state index contributed by atoms with van der Waals surface area (Å²) in [4.78, 5) is 11.7. The van der Waals surface area contributed by atoms with Gasteiger partial charge in [-0.3, -0.25) is 0 Å². The summed E-state index contributed by atoms with van der Waals surface area (Å²) in [6, 6.07) is 4.50. The Morgan fingerprint density at radius 3 is 2.52 bits per heavy atom. The number of benzene rings is 1. The summed E-state index contributed by atoms with van der Waals surface area (Å²) in [5.74, 6) is -0.562. The Hall–Kier alpha value is -1.44. The quantitative estimate of drug-likeness (QED) is 0.562. The molecule has 0 aromatic heterocycles. The summed E-state index contributed by atoms with van der Waals surface area (Å²) < 4.78 is 35.9. The fraction of sp³-hybridized carbons (Fsp3) is 0.500. The minimum atomic E-state index is -3.64. The maximum Gasteiger partial charge on any atom is 0.337 e. The number of esters is 1. The van der Waals surface area contributed by atoms with Crippen LogP contribution in [0, 0.1) is 6.92 Å². The van der Waals surface area contributed by atoms with Crippen LogP contribution < -0.4 is 0 Å². The first-order valence-electron chi connectivity index (χ1n) is 6.48. The molecule has 0 heterocycles. The van der Waals surface area contributed by atoms with Crippen molar-refractivity contribution in [1.82, 2.24) is 4.31 Å². The van der Waals surface area contributed by atoms with E-state index in [-0.39, 0.29) is 10.5 Å². The molecule has 0 aliphatic carbocycles. The number of methoxy groups -OCH3 is 2. The minimum absolute atomic E-state index is 0.116. The van der Waals surface area contributed by atoms with Gasteiger partial charge in [-0.1, -0.05) is 6.07 Å². The fourth-order valence-corrected chi connectivity index (χ4v) is 3.30. The zero-order valence-electron chi connectivity index (χ0n) is 12.8. The lowest BCUT2D eigenvalue weighted by molar-refractivity contribution is 0.0600. The smallest absolute Gasteiger partial charge is 0.337 e. The molecule has 0 saturated carbocycles. The summed E-state index contributed by atoms with van der Waals surface area (Å²) in [6.45, 7) is 2.52. The number of ether oxygens (including phenoxy) is 2. The molecule has 6 nitrogen and oxygen atoms in total. The maximum atomic E-state index is 12.5. The van der Waals surface area contributed by atoms with E-state index in [1.165, 1.54) is 24.5 Å². The molecular formula is C14H21NO5S. The third-order valence-electron chi connectivity index (χ3n) is 3.12. The average Bonchev–Trinajstić information content (AvgIpc) is 2.46. The molecule has 1 aromatic carbocycles. The van der Waals surface area contributed by atoms with Crippen LogP contribution in [0.3, 0.4) is 0 Å². The second kappa shape index (κ2) is 7.53. The number of hydrogen-bond donors (Lipinski definition) is 0. The molecule has 1 aromatic rings. The van der Waals surface area contributed by atoms with Crippen LogP contribution in [0.4, 0.5) is 0 Å². The highest BCUT2D eigenvalue weighted by Crippen LogP contribution is 2.21.